The van der Waals surface area contributed by atoms with Gasteiger partial charge in [0.15, 0.2) is 0 Å². The summed E-state index contributed by atoms with van der Waals surface area (Å²) < 4.78 is 0. The molecule has 0 saturated heterocycles. The number of benzene rings is 1. The monoisotopic (exact) mass is 214 g/mol. The minimum Gasteiger partial charge on any atom is -0.159 e. The molecule has 0 atom stereocenters. The number of hydrogen-bond donors (Lipinski definition) is 0. The van der Waals surface area contributed by atoms with Crippen molar-refractivity contribution in [1.29, 1.82) is 0 Å². The number of aromatic nitrogens is 2. The zero-order chi connectivity index (χ0) is 11.8. The standard InChI is InChI=1S/C12H12N2.C2H6/c1-10-4-6-11(7-5-10)9-12-3-2-8-13-14-12;1-2/h2-8H,9H2,1H3;1-2H3. The Balaban J connectivity index is 0.000000606. The third-order valence-corrected chi connectivity index (χ3v) is 2.13. The Morgan fingerprint density at radius 2 is 1.69 bits per heavy atom. The number of hydrogen-bond acceptors (Lipinski definition) is 2. The van der Waals surface area contributed by atoms with Crippen LogP contribution in [0.3, 0.4) is 0 Å². The first-order chi connectivity index (χ1) is 7.84. The molecular formula is C14H18N2. The lowest BCUT2D eigenvalue weighted by molar-refractivity contribution is 0.936. The molecule has 1 aromatic heterocycles. The van der Waals surface area contributed by atoms with E-state index in [1.807, 2.05) is 26.0 Å². The van der Waals surface area contributed by atoms with Gasteiger partial charge in [-0.15, -0.1) is 0 Å². The highest BCUT2D eigenvalue weighted by Crippen LogP contribution is 2.07. The lowest BCUT2D eigenvalue weighted by Crippen LogP contribution is -1.93. The van der Waals surface area contributed by atoms with Crippen LogP contribution >= 0.6 is 0 Å². The topological polar surface area (TPSA) is 25.8 Å². The van der Waals surface area contributed by atoms with Gasteiger partial charge in [0.1, 0.15) is 0 Å². The maximum absolute atomic E-state index is 4.05. The van der Waals surface area contributed by atoms with Gasteiger partial charge < -0.3 is 0 Å². The van der Waals surface area contributed by atoms with E-state index in [9.17, 15) is 0 Å². The van der Waals surface area contributed by atoms with E-state index in [0.717, 1.165) is 12.1 Å². The van der Waals surface area contributed by atoms with Gasteiger partial charge in [0.05, 0.1) is 5.69 Å². The second-order valence-electron chi connectivity index (χ2n) is 3.38. The zero-order valence-electron chi connectivity index (χ0n) is 10.1. The fraction of sp³-hybridized carbons (Fsp3) is 0.286. The molecule has 16 heavy (non-hydrogen) atoms. The molecule has 1 heterocycles. The molecule has 1 aromatic carbocycles. The van der Waals surface area contributed by atoms with E-state index in [-0.39, 0.29) is 0 Å². The van der Waals surface area contributed by atoms with Crippen molar-refractivity contribution >= 4 is 0 Å². The van der Waals surface area contributed by atoms with Gasteiger partial charge in [-0.05, 0) is 24.6 Å². The van der Waals surface area contributed by atoms with Gasteiger partial charge in [-0.25, -0.2) is 0 Å². The van der Waals surface area contributed by atoms with Gasteiger partial charge in [-0.3, -0.25) is 0 Å². The van der Waals surface area contributed by atoms with Crippen molar-refractivity contribution in [2.75, 3.05) is 0 Å². The van der Waals surface area contributed by atoms with Crippen LogP contribution in [0, 0.1) is 6.92 Å². The Bertz CT molecular complexity index is 393. The average molecular weight is 214 g/mol. The van der Waals surface area contributed by atoms with Crippen LogP contribution in [0.4, 0.5) is 0 Å². The van der Waals surface area contributed by atoms with Gasteiger partial charge in [-0.2, -0.15) is 10.2 Å². The van der Waals surface area contributed by atoms with Crippen molar-refractivity contribution in [1.82, 2.24) is 10.2 Å². The highest BCUT2D eigenvalue weighted by atomic mass is 15.1. The molecule has 0 unspecified atom stereocenters. The molecule has 84 valence electrons. The molecule has 0 aliphatic carbocycles. The lowest BCUT2D eigenvalue weighted by atomic mass is 10.1. The van der Waals surface area contributed by atoms with Gasteiger partial charge in [-0.1, -0.05) is 43.7 Å². The van der Waals surface area contributed by atoms with Crippen LogP contribution in [-0.4, -0.2) is 10.2 Å². The molecule has 2 aromatic rings. The normalized spacial score (nSPS) is 9.19. The Labute approximate surface area is 97.4 Å². The summed E-state index contributed by atoms with van der Waals surface area (Å²) in [6.07, 6.45) is 2.55. The maximum Gasteiger partial charge on any atom is 0.0674 e. The van der Waals surface area contributed by atoms with E-state index in [1.165, 1.54) is 11.1 Å². The molecule has 2 heteroatoms. The fourth-order valence-electron chi connectivity index (χ4n) is 1.34. The van der Waals surface area contributed by atoms with Gasteiger partial charge in [0.25, 0.3) is 0 Å². The fourth-order valence-corrected chi connectivity index (χ4v) is 1.34. The molecule has 0 bridgehead atoms. The zero-order valence-corrected chi connectivity index (χ0v) is 10.1. The van der Waals surface area contributed by atoms with Crippen LogP contribution in [0.25, 0.3) is 0 Å². The highest BCUT2D eigenvalue weighted by Gasteiger charge is 1.96. The predicted molar refractivity (Wildman–Crippen MR) is 67.4 cm³/mol. The van der Waals surface area contributed by atoms with Crippen molar-refractivity contribution in [2.45, 2.75) is 27.2 Å². The molecule has 0 radical (unpaired) electrons. The summed E-state index contributed by atoms with van der Waals surface area (Å²) in [6.45, 7) is 6.09. The number of rotatable bonds is 2. The molecule has 0 spiro atoms. The minimum atomic E-state index is 0.855. The highest BCUT2D eigenvalue weighted by molar-refractivity contribution is 5.24. The summed E-state index contributed by atoms with van der Waals surface area (Å²) in [5.41, 5.74) is 3.57. The summed E-state index contributed by atoms with van der Waals surface area (Å²) in [5, 5.41) is 7.89. The Kier molecular flexibility index (Phi) is 5.20. The Morgan fingerprint density at radius 1 is 1.00 bits per heavy atom. The van der Waals surface area contributed by atoms with E-state index in [4.69, 9.17) is 0 Å². The Hall–Kier alpha value is -1.70. The van der Waals surface area contributed by atoms with Crippen molar-refractivity contribution in [3.8, 4) is 0 Å². The first-order valence-corrected chi connectivity index (χ1v) is 5.67. The smallest absolute Gasteiger partial charge is 0.0674 e. The molecule has 0 aliphatic heterocycles. The second kappa shape index (κ2) is 6.72. The molecule has 0 fully saturated rings. The average Bonchev–Trinajstić information content (AvgIpc) is 2.36. The van der Waals surface area contributed by atoms with Crippen molar-refractivity contribution < 1.29 is 0 Å². The van der Waals surface area contributed by atoms with Gasteiger partial charge in [0.2, 0.25) is 0 Å². The molecule has 0 amide bonds. The summed E-state index contributed by atoms with van der Waals surface area (Å²) in [7, 11) is 0. The molecule has 0 aliphatic rings. The molecular weight excluding hydrogens is 196 g/mol. The van der Waals surface area contributed by atoms with Gasteiger partial charge >= 0.3 is 0 Å². The molecule has 0 saturated carbocycles. The van der Waals surface area contributed by atoms with Gasteiger partial charge in [0, 0.05) is 12.6 Å². The quantitative estimate of drug-likeness (QED) is 0.765. The summed E-state index contributed by atoms with van der Waals surface area (Å²) in [4.78, 5) is 0. The van der Waals surface area contributed by atoms with Crippen LogP contribution in [0.5, 0.6) is 0 Å². The predicted octanol–water partition coefficient (Wildman–Crippen LogP) is 3.40. The minimum absolute atomic E-state index is 0.855. The lowest BCUT2D eigenvalue weighted by Gasteiger charge is -2.00. The van der Waals surface area contributed by atoms with E-state index in [1.54, 1.807) is 6.20 Å². The molecule has 0 N–H and O–H groups in total. The summed E-state index contributed by atoms with van der Waals surface area (Å²) in [5.74, 6) is 0. The van der Waals surface area contributed by atoms with E-state index >= 15 is 0 Å². The van der Waals surface area contributed by atoms with Crippen molar-refractivity contribution in [3.63, 3.8) is 0 Å². The van der Waals surface area contributed by atoms with E-state index in [0.29, 0.717) is 0 Å². The van der Waals surface area contributed by atoms with Crippen LogP contribution < -0.4 is 0 Å². The van der Waals surface area contributed by atoms with Crippen LogP contribution in [0.2, 0.25) is 0 Å². The Morgan fingerprint density at radius 3 is 2.25 bits per heavy atom. The first kappa shape index (κ1) is 12.4. The van der Waals surface area contributed by atoms with Crippen LogP contribution in [-0.2, 0) is 6.42 Å². The van der Waals surface area contributed by atoms with E-state index in [2.05, 4.69) is 41.4 Å². The number of aryl methyl sites for hydroxylation is 1. The maximum atomic E-state index is 4.05. The van der Waals surface area contributed by atoms with Crippen molar-refractivity contribution in [2.24, 2.45) is 0 Å². The number of nitrogens with zero attached hydrogens (tertiary/aromatic N) is 2. The first-order valence-electron chi connectivity index (χ1n) is 5.67. The third-order valence-electron chi connectivity index (χ3n) is 2.13. The SMILES string of the molecule is CC.Cc1ccc(Cc2cccnn2)cc1. The third kappa shape index (κ3) is 3.81. The summed E-state index contributed by atoms with van der Waals surface area (Å²) >= 11 is 0. The van der Waals surface area contributed by atoms with Crippen LogP contribution in [0.15, 0.2) is 42.6 Å². The largest absolute Gasteiger partial charge is 0.159 e. The van der Waals surface area contributed by atoms with E-state index < -0.39 is 0 Å². The molecule has 2 nitrogen and oxygen atoms in total. The van der Waals surface area contributed by atoms with Crippen LogP contribution in [0.1, 0.15) is 30.7 Å². The summed E-state index contributed by atoms with van der Waals surface area (Å²) in [6, 6.07) is 12.4. The van der Waals surface area contributed by atoms with Crippen molar-refractivity contribution in [3.05, 3.63) is 59.4 Å². The molecule has 2 rings (SSSR count). The second-order valence-corrected chi connectivity index (χ2v) is 3.38.